The van der Waals surface area contributed by atoms with Gasteiger partial charge in [-0.15, -0.1) is 0 Å². The van der Waals surface area contributed by atoms with Crippen molar-refractivity contribution in [2.75, 3.05) is 5.75 Å². The van der Waals surface area contributed by atoms with Crippen LogP contribution in [0.2, 0.25) is 5.02 Å². The monoisotopic (exact) mass is 420 g/mol. The highest BCUT2D eigenvalue weighted by Gasteiger charge is 2.37. The number of aliphatic carboxylic acids is 1. The number of hydrogen-bond donors (Lipinski definition) is 1. The molecule has 4 nitrogen and oxygen atoms in total. The number of carboxylic acids is 1. The lowest BCUT2D eigenvalue weighted by atomic mass is 9.95. The number of carboxylic acid groups (broad SMARTS) is 1. The fourth-order valence-corrected chi connectivity index (χ4v) is 3.89. The first-order valence-corrected chi connectivity index (χ1v) is 9.93. The molecule has 2 aromatic carbocycles. The van der Waals surface area contributed by atoms with Crippen LogP contribution in [0.25, 0.3) is 11.1 Å². The van der Waals surface area contributed by atoms with Crippen LogP contribution >= 0.6 is 11.6 Å². The predicted molar refractivity (Wildman–Crippen MR) is 95.6 cm³/mol. The van der Waals surface area contributed by atoms with E-state index in [1.54, 1.807) is 6.07 Å². The zero-order chi connectivity index (χ0) is 20.4. The first-order chi connectivity index (χ1) is 12.5. The van der Waals surface area contributed by atoms with Gasteiger partial charge >= 0.3 is 12.1 Å². The van der Waals surface area contributed by atoms with Gasteiger partial charge in [0.15, 0.2) is 9.84 Å². The second-order valence-electron chi connectivity index (χ2n) is 5.81. The fraction of sp³-hybridized carbons (Fsp3) is 0.278. The Bertz CT molecular complexity index is 969. The summed E-state index contributed by atoms with van der Waals surface area (Å²) in [6.45, 7) is 1.27. The molecule has 9 heteroatoms. The first-order valence-electron chi connectivity index (χ1n) is 7.90. The van der Waals surface area contributed by atoms with E-state index >= 15 is 0 Å². The van der Waals surface area contributed by atoms with Crippen molar-refractivity contribution in [1.82, 2.24) is 0 Å². The van der Waals surface area contributed by atoms with Crippen molar-refractivity contribution in [3.05, 3.63) is 52.5 Å². The summed E-state index contributed by atoms with van der Waals surface area (Å²) in [5, 5.41) is 9.12. The van der Waals surface area contributed by atoms with Gasteiger partial charge < -0.3 is 5.11 Å². The van der Waals surface area contributed by atoms with Gasteiger partial charge in [0, 0.05) is 11.4 Å². The molecule has 0 aromatic heterocycles. The van der Waals surface area contributed by atoms with Crippen molar-refractivity contribution >= 4 is 27.4 Å². The number of rotatable bonds is 6. The summed E-state index contributed by atoms with van der Waals surface area (Å²) < 4.78 is 64.5. The van der Waals surface area contributed by atoms with Gasteiger partial charge in [0.2, 0.25) is 0 Å². The average molecular weight is 421 g/mol. The number of benzene rings is 2. The maximum absolute atomic E-state index is 13.5. The molecule has 0 aliphatic heterocycles. The first kappa shape index (κ1) is 21.2. The highest BCUT2D eigenvalue weighted by atomic mass is 35.5. The molecule has 2 aromatic rings. The zero-order valence-electron chi connectivity index (χ0n) is 14.2. The van der Waals surface area contributed by atoms with Crippen LogP contribution in [-0.4, -0.2) is 25.2 Å². The second-order valence-corrected chi connectivity index (χ2v) is 8.49. The molecule has 0 heterocycles. The van der Waals surface area contributed by atoms with Crippen LogP contribution in [0.4, 0.5) is 13.2 Å². The molecule has 2 rings (SSSR count). The number of carbonyl (C=O) groups is 1. The van der Waals surface area contributed by atoms with E-state index < -0.39 is 38.2 Å². The molecule has 0 fully saturated rings. The molecule has 1 N–H and O–H groups in total. The minimum absolute atomic E-state index is 0.0954. The Morgan fingerprint density at radius 2 is 1.81 bits per heavy atom. The van der Waals surface area contributed by atoms with E-state index in [1.807, 2.05) is 0 Å². The smallest absolute Gasteiger partial charge is 0.417 e. The molecule has 0 aliphatic carbocycles. The Balaban J connectivity index is 2.67. The molecule has 27 heavy (non-hydrogen) atoms. The van der Waals surface area contributed by atoms with E-state index in [4.69, 9.17) is 16.7 Å². The van der Waals surface area contributed by atoms with Gasteiger partial charge in [-0.1, -0.05) is 30.7 Å². The SMILES string of the molecule is CCS(=O)(=O)c1ccc(-c2cc(Cl)ccc2CCC(=O)O)cc1C(F)(F)F. The van der Waals surface area contributed by atoms with Gasteiger partial charge in [-0.05, 0) is 47.4 Å². The average Bonchev–Trinajstić information content (AvgIpc) is 2.59. The minimum Gasteiger partial charge on any atom is -0.481 e. The molecule has 0 aliphatic rings. The Morgan fingerprint density at radius 3 is 2.37 bits per heavy atom. The Labute approximate surface area is 159 Å². The van der Waals surface area contributed by atoms with Gasteiger partial charge in [0.25, 0.3) is 0 Å². The fourth-order valence-electron chi connectivity index (χ4n) is 2.62. The topological polar surface area (TPSA) is 71.4 Å². The summed E-state index contributed by atoms with van der Waals surface area (Å²) in [5.41, 5.74) is -0.318. The van der Waals surface area contributed by atoms with Crippen LogP contribution in [0.5, 0.6) is 0 Å². The number of hydrogen-bond acceptors (Lipinski definition) is 3. The summed E-state index contributed by atoms with van der Waals surface area (Å²) in [6.07, 6.45) is -4.98. The lowest BCUT2D eigenvalue weighted by molar-refractivity contribution is -0.140. The van der Waals surface area contributed by atoms with E-state index in [9.17, 15) is 26.4 Å². The Morgan fingerprint density at radius 1 is 1.15 bits per heavy atom. The molecule has 0 spiro atoms. The molecular weight excluding hydrogens is 405 g/mol. The van der Waals surface area contributed by atoms with E-state index in [-0.39, 0.29) is 23.4 Å². The highest BCUT2D eigenvalue weighted by molar-refractivity contribution is 7.91. The van der Waals surface area contributed by atoms with Crippen molar-refractivity contribution in [3.8, 4) is 11.1 Å². The third-order valence-corrected chi connectivity index (χ3v) is 6.01. The Kier molecular flexibility index (Phi) is 6.21. The van der Waals surface area contributed by atoms with E-state index in [0.29, 0.717) is 11.1 Å². The van der Waals surface area contributed by atoms with Crippen molar-refractivity contribution in [2.45, 2.75) is 30.8 Å². The van der Waals surface area contributed by atoms with Gasteiger partial charge in [-0.2, -0.15) is 13.2 Å². The number of halogens is 4. The summed E-state index contributed by atoms with van der Waals surface area (Å²) in [5.74, 6) is -1.51. The van der Waals surface area contributed by atoms with Gasteiger partial charge in [0.05, 0.1) is 16.2 Å². The van der Waals surface area contributed by atoms with E-state index in [0.717, 1.165) is 12.1 Å². The highest BCUT2D eigenvalue weighted by Crippen LogP contribution is 2.38. The summed E-state index contributed by atoms with van der Waals surface area (Å²) in [7, 11) is -4.07. The molecule has 0 amide bonds. The van der Waals surface area contributed by atoms with Gasteiger partial charge in [0.1, 0.15) is 0 Å². The van der Waals surface area contributed by atoms with Crippen LogP contribution in [-0.2, 0) is 27.2 Å². The molecule has 0 atom stereocenters. The molecule has 146 valence electrons. The third-order valence-electron chi connectivity index (χ3n) is 3.99. The normalized spacial score (nSPS) is 12.2. The van der Waals surface area contributed by atoms with E-state index in [1.165, 1.54) is 25.1 Å². The summed E-state index contributed by atoms with van der Waals surface area (Å²) in [4.78, 5) is 10.0. The lowest BCUT2D eigenvalue weighted by Crippen LogP contribution is -2.14. The number of sulfone groups is 1. The standard InChI is InChI=1S/C18H16ClF3O4S/c1-2-27(25,26)16-7-4-12(9-15(16)18(20,21)22)14-10-13(19)6-3-11(14)5-8-17(23)24/h3-4,6-7,9-10H,2,5,8H2,1H3,(H,23,24). The molecular formula is C18H16ClF3O4S. The number of aryl methyl sites for hydroxylation is 1. The Hall–Kier alpha value is -2.06. The number of alkyl halides is 3. The van der Waals surface area contributed by atoms with Crippen LogP contribution in [0.15, 0.2) is 41.3 Å². The second kappa shape index (κ2) is 7.90. The van der Waals surface area contributed by atoms with Gasteiger partial charge in [-0.25, -0.2) is 8.42 Å². The maximum atomic E-state index is 13.5. The van der Waals surface area contributed by atoms with Crippen LogP contribution in [0, 0.1) is 0 Å². The quantitative estimate of drug-likeness (QED) is 0.726. The van der Waals surface area contributed by atoms with Crippen LogP contribution in [0.3, 0.4) is 0 Å². The van der Waals surface area contributed by atoms with Crippen LogP contribution in [0.1, 0.15) is 24.5 Å². The zero-order valence-corrected chi connectivity index (χ0v) is 15.7. The van der Waals surface area contributed by atoms with Crippen molar-refractivity contribution in [2.24, 2.45) is 0 Å². The largest absolute Gasteiger partial charge is 0.481 e. The van der Waals surface area contributed by atoms with Crippen LogP contribution < -0.4 is 0 Å². The van der Waals surface area contributed by atoms with Crippen molar-refractivity contribution in [3.63, 3.8) is 0 Å². The minimum atomic E-state index is -4.87. The van der Waals surface area contributed by atoms with E-state index in [2.05, 4.69) is 0 Å². The van der Waals surface area contributed by atoms with Crippen molar-refractivity contribution in [1.29, 1.82) is 0 Å². The summed E-state index contributed by atoms with van der Waals surface area (Å²) >= 11 is 5.95. The maximum Gasteiger partial charge on any atom is 0.417 e. The lowest BCUT2D eigenvalue weighted by Gasteiger charge is -2.16. The van der Waals surface area contributed by atoms with Gasteiger partial charge in [-0.3, -0.25) is 4.79 Å². The molecule has 0 radical (unpaired) electrons. The predicted octanol–water partition coefficient (Wildman–Crippen LogP) is 4.84. The summed E-state index contributed by atoms with van der Waals surface area (Å²) in [6, 6.07) is 7.46. The molecule has 0 bridgehead atoms. The molecule has 0 saturated heterocycles. The van der Waals surface area contributed by atoms with Crippen molar-refractivity contribution < 1.29 is 31.5 Å². The molecule has 0 saturated carbocycles. The third kappa shape index (κ3) is 5.01. The molecule has 0 unspecified atom stereocenters.